The Labute approximate surface area is 107 Å². The fraction of sp³-hybridized carbons (Fsp3) is 0.667. The van der Waals surface area contributed by atoms with Gasteiger partial charge in [-0.15, -0.1) is 0 Å². The molecule has 1 heterocycles. The molecule has 0 aliphatic heterocycles. The van der Waals surface area contributed by atoms with Crippen molar-refractivity contribution in [2.45, 2.75) is 39.7 Å². The minimum absolute atomic E-state index is 0.150. The minimum atomic E-state index is 0.150. The van der Waals surface area contributed by atoms with Crippen molar-refractivity contribution in [1.29, 1.82) is 0 Å². The molecule has 0 atom stereocenters. The molecule has 74 valence electrons. The van der Waals surface area contributed by atoms with Crippen molar-refractivity contribution in [2.24, 2.45) is 0 Å². The van der Waals surface area contributed by atoms with Gasteiger partial charge in [-0.25, -0.2) is 0 Å². The molecule has 1 aromatic heterocycles. The fourth-order valence-electron chi connectivity index (χ4n) is 1.11. The fourth-order valence-corrected chi connectivity index (χ4v) is 3.01. The predicted octanol–water partition coefficient (Wildman–Crippen LogP) is 3.41. The van der Waals surface area contributed by atoms with Gasteiger partial charge in [-0.2, -0.15) is 5.10 Å². The zero-order valence-corrected chi connectivity index (χ0v) is 12.7. The Bertz CT molecular complexity index is 310. The van der Waals surface area contributed by atoms with Crippen LogP contribution in [0, 0.1) is 7.27 Å². The number of hydrogen-bond donors (Lipinski definition) is 0. The molecule has 0 bridgehead atoms. The summed E-state index contributed by atoms with van der Waals surface area (Å²) in [5, 5.41) is 4.60. The monoisotopic (exact) mass is 404 g/mol. The average molecular weight is 404 g/mol. The molecule has 0 unspecified atom stereocenters. The van der Waals surface area contributed by atoms with Crippen LogP contribution in [0.4, 0.5) is 0 Å². The van der Waals surface area contributed by atoms with E-state index in [0.717, 1.165) is 6.54 Å². The summed E-state index contributed by atoms with van der Waals surface area (Å²) in [5.41, 5.74) is 1.36. The molecule has 13 heavy (non-hydrogen) atoms. The largest absolute Gasteiger partial charge is 0.258 e. The Kier molecular flexibility index (Phi) is 3.65. The maximum absolute atomic E-state index is 4.60. The zero-order chi connectivity index (χ0) is 10.2. The number of aryl methyl sites for hydroxylation is 1. The summed E-state index contributed by atoms with van der Waals surface area (Å²) in [7, 11) is 0. The van der Waals surface area contributed by atoms with Crippen LogP contribution in [-0.4, -0.2) is 9.78 Å². The Morgan fingerprint density at radius 3 is 2.08 bits per heavy atom. The first-order valence-electron chi connectivity index (χ1n) is 4.30. The van der Waals surface area contributed by atoms with Gasteiger partial charge < -0.3 is 0 Å². The summed E-state index contributed by atoms with van der Waals surface area (Å²) >= 11 is 4.74. The van der Waals surface area contributed by atoms with Crippen LogP contribution in [0.1, 0.15) is 33.4 Å². The van der Waals surface area contributed by atoms with Gasteiger partial charge in [0.1, 0.15) is 3.70 Å². The van der Waals surface area contributed by atoms with Crippen molar-refractivity contribution in [3.8, 4) is 0 Å². The van der Waals surface area contributed by atoms with Gasteiger partial charge >= 0.3 is 0 Å². The van der Waals surface area contributed by atoms with Gasteiger partial charge in [-0.05, 0) is 52.1 Å². The molecule has 1 rings (SSSR count). The van der Waals surface area contributed by atoms with Crippen molar-refractivity contribution in [3.63, 3.8) is 0 Å². The van der Waals surface area contributed by atoms with Crippen LogP contribution < -0.4 is 0 Å². The van der Waals surface area contributed by atoms with E-state index in [9.17, 15) is 0 Å². The molecular formula is C9H14I2N2. The normalized spacial score (nSPS) is 12.2. The lowest BCUT2D eigenvalue weighted by Crippen LogP contribution is -2.14. The highest BCUT2D eigenvalue weighted by atomic mass is 127. The van der Waals surface area contributed by atoms with E-state index in [0.29, 0.717) is 0 Å². The van der Waals surface area contributed by atoms with Gasteiger partial charge in [0.2, 0.25) is 0 Å². The van der Waals surface area contributed by atoms with Gasteiger partial charge in [-0.1, -0.05) is 20.8 Å². The highest BCUT2D eigenvalue weighted by Crippen LogP contribution is 2.28. The molecule has 0 aliphatic carbocycles. The molecule has 0 saturated carbocycles. The van der Waals surface area contributed by atoms with E-state index < -0.39 is 0 Å². The number of hydrogen-bond acceptors (Lipinski definition) is 1. The maximum atomic E-state index is 4.60. The first-order chi connectivity index (χ1) is 5.88. The third kappa shape index (κ3) is 2.37. The highest BCUT2D eigenvalue weighted by molar-refractivity contribution is 14.1. The second-order valence-corrected chi connectivity index (χ2v) is 6.12. The second kappa shape index (κ2) is 4.04. The van der Waals surface area contributed by atoms with Crippen LogP contribution in [0.15, 0.2) is 0 Å². The maximum Gasteiger partial charge on any atom is 0.112 e. The standard InChI is InChI=1S/C9H14I2N2/c1-5-13-8(11)6(10)7(12-13)9(2,3)4/h5H2,1-4H3. The Hall–Kier alpha value is 0.670. The molecule has 0 spiro atoms. The molecule has 0 saturated heterocycles. The highest BCUT2D eigenvalue weighted by Gasteiger charge is 2.23. The van der Waals surface area contributed by atoms with Crippen LogP contribution in [0.3, 0.4) is 0 Å². The van der Waals surface area contributed by atoms with Crippen molar-refractivity contribution in [2.75, 3.05) is 0 Å². The lowest BCUT2D eigenvalue weighted by Gasteiger charge is -2.15. The molecular weight excluding hydrogens is 390 g/mol. The van der Waals surface area contributed by atoms with Crippen LogP contribution in [0.25, 0.3) is 0 Å². The summed E-state index contributed by atoms with van der Waals surface area (Å²) < 4.78 is 4.61. The van der Waals surface area contributed by atoms with E-state index in [-0.39, 0.29) is 5.41 Å². The van der Waals surface area contributed by atoms with Crippen LogP contribution in [-0.2, 0) is 12.0 Å². The number of nitrogens with zero attached hydrogens (tertiary/aromatic N) is 2. The summed E-state index contributed by atoms with van der Waals surface area (Å²) in [4.78, 5) is 0. The predicted molar refractivity (Wildman–Crippen MR) is 72.0 cm³/mol. The van der Waals surface area contributed by atoms with Gasteiger partial charge in [0, 0.05) is 12.0 Å². The smallest absolute Gasteiger partial charge is 0.112 e. The molecule has 0 radical (unpaired) electrons. The molecule has 1 aromatic rings. The lowest BCUT2D eigenvalue weighted by molar-refractivity contribution is 0.537. The van der Waals surface area contributed by atoms with E-state index in [2.05, 4.69) is 82.7 Å². The van der Waals surface area contributed by atoms with E-state index in [4.69, 9.17) is 0 Å². The summed E-state index contributed by atoms with van der Waals surface area (Å²) in [6.45, 7) is 9.68. The molecule has 0 aliphatic rings. The summed E-state index contributed by atoms with van der Waals surface area (Å²) in [6.07, 6.45) is 0. The Balaban J connectivity index is 3.25. The van der Waals surface area contributed by atoms with Crippen LogP contribution >= 0.6 is 45.2 Å². The lowest BCUT2D eigenvalue weighted by atomic mass is 9.93. The molecule has 0 fully saturated rings. The topological polar surface area (TPSA) is 17.8 Å². The van der Waals surface area contributed by atoms with Crippen LogP contribution in [0.2, 0.25) is 0 Å². The number of rotatable bonds is 1. The number of aromatic nitrogens is 2. The summed E-state index contributed by atoms with van der Waals surface area (Å²) in [5.74, 6) is 0. The van der Waals surface area contributed by atoms with E-state index >= 15 is 0 Å². The zero-order valence-electron chi connectivity index (χ0n) is 8.36. The third-order valence-corrected chi connectivity index (χ3v) is 5.00. The van der Waals surface area contributed by atoms with Crippen LogP contribution in [0.5, 0.6) is 0 Å². The molecule has 0 amide bonds. The van der Waals surface area contributed by atoms with Gasteiger partial charge in [0.25, 0.3) is 0 Å². The molecule has 0 aromatic carbocycles. The minimum Gasteiger partial charge on any atom is -0.258 e. The molecule has 0 N–H and O–H groups in total. The third-order valence-electron chi connectivity index (χ3n) is 1.85. The SMILES string of the molecule is CCn1nc(C(C)(C)C)c(I)c1I. The first-order valence-corrected chi connectivity index (χ1v) is 6.46. The molecule has 2 nitrogen and oxygen atoms in total. The van der Waals surface area contributed by atoms with E-state index in [1.165, 1.54) is 13.0 Å². The van der Waals surface area contributed by atoms with E-state index in [1.54, 1.807) is 0 Å². The van der Waals surface area contributed by atoms with Crippen molar-refractivity contribution >= 4 is 45.2 Å². The number of halogens is 2. The van der Waals surface area contributed by atoms with Crippen molar-refractivity contribution < 1.29 is 0 Å². The van der Waals surface area contributed by atoms with Gasteiger partial charge in [0.05, 0.1) is 9.26 Å². The second-order valence-electron chi connectivity index (χ2n) is 4.02. The molecule has 4 heteroatoms. The average Bonchev–Trinajstić information content (AvgIpc) is 2.28. The van der Waals surface area contributed by atoms with Crippen molar-refractivity contribution in [1.82, 2.24) is 9.78 Å². The van der Waals surface area contributed by atoms with Gasteiger partial charge in [-0.3, -0.25) is 4.68 Å². The van der Waals surface area contributed by atoms with Crippen molar-refractivity contribution in [3.05, 3.63) is 13.0 Å². The van der Waals surface area contributed by atoms with Gasteiger partial charge in [0.15, 0.2) is 0 Å². The quantitative estimate of drug-likeness (QED) is 0.657. The Morgan fingerprint density at radius 1 is 1.31 bits per heavy atom. The summed E-state index contributed by atoms with van der Waals surface area (Å²) in [6, 6.07) is 0. The Morgan fingerprint density at radius 2 is 1.85 bits per heavy atom. The first kappa shape index (κ1) is 11.7. The van der Waals surface area contributed by atoms with E-state index in [1.807, 2.05) is 0 Å².